The van der Waals surface area contributed by atoms with Crippen LogP contribution in [0.25, 0.3) is 0 Å². The molecule has 0 N–H and O–H groups in total. The van der Waals surface area contributed by atoms with E-state index in [4.69, 9.17) is 23.7 Å². The second kappa shape index (κ2) is 10.3. The molecule has 5 nitrogen and oxygen atoms in total. The van der Waals surface area contributed by atoms with Gasteiger partial charge in [-0.15, -0.1) is 0 Å². The van der Waals surface area contributed by atoms with Gasteiger partial charge in [0.25, 0.3) is 0 Å². The first-order valence-electron chi connectivity index (χ1n) is 11.3. The van der Waals surface area contributed by atoms with E-state index in [0.29, 0.717) is 25.6 Å². The molecule has 2 saturated heterocycles. The molecule has 33 heavy (non-hydrogen) atoms. The molecule has 2 aliphatic heterocycles. The summed E-state index contributed by atoms with van der Waals surface area (Å²) in [5.74, 6) is 0.538. The zero-order valence-corrected chi connectivity index (χ0v) is 18.4. The minimum Gasteiger partial charge on any atom is -0.487 e. The lowest BCUT2D eigenvalue weighted by Crippen LogP contribution is -2.58. The number of ether oxygens (including phenoxy) is 5. The van der Waals surface area contributed by atoms with Gasteiger partial charge in [0.05, 0.1) is 19.8 Å². The molecule has 0 aliphatic carbocycles. The lowest BCUT2D eigenvalue weighted by Gasteiger charge is -2.47. The van der Waals surface area contributed by atoms with Gasteiger partial charge in [0.15, 0.2) is 12.4 Å². The first-order valence-corrected chi connectivity index (χ1v) is 11.3. The highest BCUT2D eigenvalue weighted by atomic mass is 16.7. The van der Waals surface area contributed by atoms with Crippen molar-refractivity contribution in [3.8, 4) is 0 Å². The van der Waals surface area contributed by atoms with E-state index in [1.54, 1.807) is 0 Å². The van der Waals surface area contributed by atoms with E-state index in [1.165, 1.54) is 0 Å². The number of hydrogen-bond acceptors (Lipinski definition) is 5. The molecule has 3 aromatic carbocycles. The van der Waals surface area contributed by atoms with Gasteiger partial charge in [-0.3, -0.25) is 0 Å². The SMILES string of the molecule is C=C1O[C@@H]2CO[C@H](c3ccccc3)O[C@@H]2[C@H](OCc2ccccc2)[C@H]1OCc1ccccc1. The smallest absolute Gasteiger partial charge is 0.184 e. The van der Waals surface area contributed by atoms with E-state index < -0.39 is 18.5 Å². The zero-order valence-electron chi connectivity index (χ0n) is 18.4. The van der Waals surface area contributed by atoms with Gasteiger partial charge in [0, 0.05) is 5.56 Å². The monoisotopic (exact) mass is 444 g/mol. The molecule has 170 valence electrons. The molecule has 0 saturated carbocycles. The molecule has 0 radical (unpaired) electrons. The third-order valence-electron chi connectivity index (χ3n) is 5.93. The van der Waals surface area contributed by atoms with Crippen LogP contribution in [0.5, 0.6) is 0 Å². The quantitative estimate of drug-likeness (QED) is 0.502. The Morgan fingerprint density at radius 3 is 1.97 bits per heavy atom. The first kappa shape index (κ1) is 21.9. The van der Waals surface area contributed by atoms with E-state index in [0.717, 1.165) is 16.7 Å². The summed E-state index contributed by atoms with van der Waals surface area (Å²) in [6.07, 6.45) is -2.02. The number of hydrogen-bond donors (Lipinski definition) is 0. The summed E-state index contributed by atoms with van der Waals surface area (Å²) in [7, 11) is 0. The Morgan fingerprint density at radius 2 is 1.33 bits per heavy atom. The molecule has 2 fully saturated rings. The molecule has 5 heteroatoms. The Hall–Kier alpha value is -2.96. The molecular formula is C28H28O5. The van der Waals surface area contributed by atoms with Crippen LogP contribution < -0.4 is 0 Å². The second-order valence-corrected chi connectivity index (χ2v) is 8.28. The van der Waals surface area contributed by atoms with Crippen LogP contribution in [-0.4, -0.2) is 31.0 Å². The van der Waals surface area contributed by atoms with Crippen molar-refractivity contribution in [3.05, 3.63) is 120 Å². The Morgan fingerprint density at radius 1 is 0.758 bits per heavy atom. The third kappa shape index (κ3) is 5.18. The summed E-state index contributed by atoms with van der Waals surface area (Å²) in [6, 6.07) is 30.1. The second-order valence-electron chi connectivity index (χ2n) is 8.28. The third-order valence-corrected chi connectivity index (χ3v) is 5.93. The fraction of sp³-hybridized carbons (Fsp3) is 0.286. The van der Waals surface area contributed by atoms with Crippen molar-refractivity contribution in [3.63, 3.8) is 0 Å². The van der Waals surface area contributed by atoms with Crippen LogP contribution in [-0.2, 0) is 36.9 Å². The van der Waals surface area contributed by atoms with Gasteiger partial charge in [0.1, 0.15) is 24.1 Å². The summed E-state index contributed by atoms with van der Waals surface area (Å²) in [6.45, 7) is 5.40. The van der Waals surface area contributed by atoms with Crippen LogP contribution in [0, 0.1) is 0 Å². The molecule has 0 bridgehead atoms. The van der Waals surface area contributed by atoms with Gasteiger partial charge in [-0.1, -0.05) is 97.6 Å². The summed E-state index contributed by atoms with van der Waals surface area (Å²) < 4.78 is 31.2. The van der Waals surface area contributed by atoms with Crippen molar-refractivity contribution in [1.82, 2.24) is 0 Å². The molecular weight excluding hydrogens is 416 g/mol. The van der Waals surface area contributed by atoms with Crippen molar-refractivity contribution in [1.29, 1.82) is 0 Å². The Bertz CT molecular complexity index is 1020. The molecule has 0 amide bonds. The topological polar surface area (TPSA) is 46.2 Å². The molecule has 2 aliphatic rings. The molecule has 0 spiro atoms. The van der Waals surface area contributed by atoms with Crippen LogP contribution in [0.1, 0.15) is 23.0 Å². The number of fused-ring (bicyclic) bond motifs is 1. The molecule has 3 aromatic rings. The minimum atomic E-state index is -0.486. The highest BCUT2D eigenvalue weighted by molar-refractivity contribution is 5.18. The van der Waals surface area contributed by atoms with E-state index in [2.05, 4.69) is 6.58 Å². The van der Waals surface area contributed by atoms with E-state index in [1.807, 2.05) is 91.0 Å². The van der Waals surface area contributed by atoms with Crippen LogP contribution in [0.2, 0.25) is 0 Å². The minimum absolute atomic E-state index is 0.310. The van der Waals surface area contributed by atoms with Gasteiger partial charge in [-0.25, -0.2) is 0 Å². The van der Waals surface area contributed by atoms with Gasteiger partial charge >= 0.3 is 0 Å². The standard InChI is InChI=1S/C28H28O5/c1-20-25(29-17-21-11-5-2-6-12-21)27(30-18-22-13-7-3-8-14-22)26-24(32-20)19-31-28(33-26)23-15-9-4-10-16-23/h2-16,24-28H,1,17-19H2/t24-,25+,26+,27-,28+/m1/s1. The molecule has 5 atom stereocenters. The van der Waals surface area contributed by atoms with Gasteiger partial charge in [-0.05, 0) is 11.1 Å². The largest absolute Gasteiger partial charge is 0.487 e. The number of benzene rings is 3. The fourth-order valence-electron chi connectivity index (χ4n) is 4.24. The molecule has 0 aromatic heterocycles. The average molecular weight is 445 g/mol. The van der Waals surface area contributed by atoms with Gasteiger partial charge < -0.3 is 23.7 Å². The van der Waals surface area contributed by atoms with Gasteiger partial charge in [-0.2, -0.15) is 0 Å². The lowest BCUT2D eigenvalue weighted by molar-refractivity contribution is -0.311. The predicted molar refractivity (Wildman–Crippen MR) is 124 cm³/mol. The highest BCUT2D eigenvalue weighted by Gasteiger charge is 2.49. The van der Waals surface area contributed by atoms with Crippen molar-refractivity contribution >= 4 is 0 Å². The average Bonchev–Trinajstić information content (AvgIpc) is 2.88. The zero-order chi connectivity index (χ0) is 22.5. The van der Waals surface area contributed by atoms with Crippen molar-refractivity contribution in [2.45, 2.75) is 43.9 Å². The molecule has 2 heterocycles. The van der Waals surface area contributed by atoms with E-state index >= 15 is 0 Å². The Kier molecular flexibility index (Phi) is 6.84. The first-order chi connectivity index (χ1) is 16.3. The van der Waals surface area contributed by atoms with Gasteiger partial charge in [0.2, 0.25) is 0 Å². The summed E-state index contributed by atoms with van der Waals surface area (Å²) in [4.78, 5) is 0. The van der Waals surface area contributed by atoms with Crippen LogP contribution in [0.4, 0.5) is 0 Å². The van der Waals surface area contributed by atoms with Crippen LogP contribution >= 0.6 is 0 Å². The maximum Gasteiger partial charge on any atom is 0.184 e. The van der Waals surface area contributed by atoms with Crippen molar-refractivity contribution in [2.24, 2.45) is 0 Å². The van der Waals surface area contributed by atoms with E-state index in [-0.39, 0.29) is 12.2 Å². The van der Waals surface area contributed by atoms with E-state index in [9.17, 15) is 0 Å². The highest BCUT2D eigenvalue weighted by Crippen LogP contribution is 2.37. The normalized spacial score (nSPS) is 26.9. The fourth-order valence-corrected chi connectivity index (χ4v) is 4.24. The van der Waals surface area contributed by atoms with Crippen molar-refractivity contribution in [2.75, 3.05) is 6.61 Å². The maximum atomic E-state index is 6.45. The Labute approximate surface area is 194 Å². The summed E-state index contributed by atoms with van der Waals surface area (Å²) >= 11 is 0. The summed E-state index contributed by atoms with van der Waals surface area (Å²) in [5.41, 5.74) is 3.12. The maximum absolute atomic E-state index is 6.45. The summed E-state index contributed by atoms with van der Waals surface area (Å²) in [5, 5.41) is 0. The van der Waals surface area contributed by atoms with Crippen LogP contribution in [0.3, 0.4) is 0 Å². The lowest BCUT2D eigenvalue weighted by atomic mass is 9.96. The molecule has 5 rings (SSSR count). The predicted octanol–water partition coefficient (Wildman–Crippen LogP) is 5.18. The van der Waals surface area contributed by atoms with Crippen molar-refractivity contribution < 1.29 is 23.7 Å². The Balaban J connectivity index is 1.37. The number of rotatable bonds is 7. The molecule has 0 unspecified atom stereocenters. The van der Waals surface area contributed by atoms with Crippen LogP contribution in [0.15, 0.2) is 103 Å².